The first-order valence-electron chi connectivity index (χ1n) is 9.50. The maximum absolute atomic E-state index is 12.9. The number of rotatable bonds is 9. The summed E-state index contributed by atoms with van der Waals surface area (Å²) < 4.78 is 33.5. The van der Waals surface area contributed by atoms with Crippen LogP contribution < -0.4 is 20.3 Å². The fraction of sp³-hybridized carbons (Fsp3) is 0.136. The summed E-state index contributed by atoms with van der Waals surface area (Å²) in [6.45, 7) is 0. The Kier molecular flexibility index (Phi) is 7.98. The van der Waals surface area contributed by atoms with Crippen LogP contribution >= 0.6 is 23.2 Å². The lowest BCUT2D eigenvalue weighted by Crippen LogP contribution is -2.49. The zero-order valence-corrected chi connectivity index (χ0v) is 19.3. The van der Waals surface area contributed by atoms with E-state index in [2.05, 4.69) is 15.6 Å². The van der Waals surface area contributed by atoms with Gasteiger partial charge < -0.3 is 4.74 Å². The van der Waals surface area contributed by atoms with Crippen LogP contribution in [0.25, 0.3) is 0 Å². The molecule has 10 heteroatoms. The van der Waals surface area contributed by atoms with Gasteiger partial charge in [-0.15, -0.1) is 0 Å². The third-order valence-electron chi connectivity index (χ3n) is 4.52. The zero-order valence-electron chi connectivity index (χ0n) is 17.0. The molecule has 7 nitrogen and oxygen atoms in total. The highest BCUT2D eigenvalue weighted by Gasteiger charge is 2.26. The Hall–Kier alpha value is -2.78. The Morgan fingerprint density at radius 2 is 1.66 bits per heavy atom. The Morgan fingerprint density at radius 1 is 0.969 bits per heavy atom. The van der Waals surface area contributed by atoms with Crippen molar-refractivity contribution in [2.75, 3.05) is 12.5 Å². The second kappa shape index (κ2) is 10.7. The molecule has 1 unspecified atom stereocenters. The highest BCUT2D eigenvalue weighted by Crippen LogP contribution is 2.25. The van der Waals surface area contributed by atoms with E-state index in [1.807, 2.05) is 6.07 Å². The van der Waals surface area contributed by atoms with Gasteiger partial charge in [-0.3, -0.25) is 15.6 Å². The fourth-order valence-corrected chi connectivity index (χ4v) is 4.41. The number of hydrazine groups is 1. The number of anilines is 1. The normalized spacial score (nSPS) is 12.1. The molecule has 1 atom stereocenters. The SMILES string of the molecule is COc1ccc(CC(NS(=O)(=O)c2ccc(Cl)c(Cl)c2)C(=O)NNc2ccccc2)cc1. The molecule has 0 heterocycles. The lowest BCUT2D eigenvalue weighted by molar-refractivity contribution is -0.122. The minimum absolute atomic E-state index is 0.0939. The molecular formula is C22H21Cl2N3O4S. The van der Waals surface area contributed by atoms with E-state index in [0.717, 1.165) is 5.56 Å². The minimum atomic E-state index is -4.07. The molecule has 0 fully saturated rings. The molecule has 0 aromatic heterocycles. The molecule has 168 valence electrons. The smallest absolute Gasteiger partial charge is 0.256 e. The van der Waals surface area contributed by atoms with Crippen LogP contribution in [0.5, 0.6) is 5.75 Å². The number of carbonyl (C=O) groups excluding carboxylic acids is 1. The topological polar surface area (TPSA) is 96.5 Å². The average Bonchev–Trinajstić information content (AvgIpc) is 2.79. The monoisotopic (exact) mass is 493 g/mol. The van der Waals surface area contributed by atoms with Crippen LogP contribution in [0.15, 0.2) is 77.7 Å². The van der Waals surface area contributed by atoms with E-state index in [0.29, 0.717) is 11.4 Å². The number of methoxy groups -OCH3 is 1. The van der Waals surface area contributed by atoms with Crippen molar-refractivity contribution in [1.29, 1.82) is 0 Å². The third-order valence-corrected chi connectivity index (χ3v) is 6.73. The van der Waals surface area contributed by atoms with Crippen LogP contribution in [0.1, 0.15) is 5.56 Å². The number of hydrogen-bond acceptors (Lipinski definition) is 5. The quantitative estimate of drug-likeness (QED) is 0.391. The largest absolute Gasteiger partial charge is 0.497 e. The molecule has 3 aromatic rings. The molecule has 3 aromatic carbocycles. The van der Waals surface area contributed by atoms with E-state index in [1.54, 1.807) is 55.6 Å². The number of sulfonamides is 1. The Bertz CT molecular complexity index is 1170. The van der Waals surface area contributed by atoms with E-state index in [9.17, 15) is 13.2 Å². The van der Waals surface area contributed by atoms with Crippen molar-refractivity contribution in [3.05, 3.63) is 88.4 Å². The first-order valence-corrected chi connectivity index (χ1v) is 11.7. The predicted octanol–water partition coefficient (Wildman–Crippen LogP) is 4.03. The lowest BCUT2D eigenvalue weighted by Gasteiger charge is -2.20. The fourth-order valence-electron chi connectivity index (χ4n) is 2.83. The van der Waals surface area contributed by atoms with Gasteiger partial charge in [-0.1, -0.05) is 53.5 Å². The minimum Gasteiger partial charge on any atom is -0.497 e. The third kappa shape index (κ3) is 6.37. The van der Waals surface area contributed by atoms with E-state index >= 15 is 0 Å². The number of amides is 1. The number of hydrogen-bond donors (Lipinski definition) is 3. The van der Waals surface area contributed by atoms with Gasteiger partial charge in [0, 0.05) is 0 Å². The maximum Gasteiger partial charge on any atom is 0.256 e. The van der Waals surface area contributed by atoms with E-state index < -0.39 is 22.0 Å². The van der Waals surface area contributed by atoms with Crippen LogP contribution in [0.2, 0.25) is 10.0 Å². The lowest BCUT2D eigenvalue weighted by atomic mass is 10.1. The molecule has 0 radical (unpaired) electrons. The second-order valence-corrected chi connectivity index (χ2v) is 9.31. The van der Waals surface area contributed by atoms with Crippen LogP contribution in [0.3, 0.4) is 0 Å². The summed E-state index contributed by atoms with van der Waals surface area (Å²) in [5, 5.41) is 0.321. The standard InChI is InChI=1S/C22H21Cl2N3O4S/c1-31-17-9-7-15(8-10-17)13-21(22(28)26-25-16-5-3-2-4-6-16)27-32(29,30)18-11-12-19(23)20(24)14-18/h2-12,14,21,25,27H,13H2,1H3,(H,26,28). The van der Waals surface area contributed by atoms with Gasteiger partial charge in [-0.2, -0.15) is 4.72 Å². The second-order valence-electron chi connectivity index (χ2n) is 6.78. The summed E-state index contributed by atoms with van der Waals surface area (Å²) in [5.74, 6) is 0.0881. The van der Waals surface area contributed by atoms with Crippen LogP contribution in [0.4, 0.5) is 5.69 Å². The molecule has 3 N–H and O–H groups in total. The molecule has 0 aliphatic heterocycles. The van der Waals surface area contributed by atoms with E-state index in [1.165, 1.54) is 18.2 Å². The molecule has 1 amide bonds. The van der Waals surface area contributed by atoms with Crippen LogP contribution in [0, 0.1) is 0 Å². The van der Waals surface area contributed by atoms with Crippen molar-refractivity contribution in [3.63, 3.8) is 0 Å². The zero-order chi connectivity index (χ0) is 23.1. The number of para-hydroxylation sites is 1. The van der Waals surface area contributed by atoms with Crippen molar-refractivity contribution in [2.24, 2.45) is 0 Å². The summed E-state index contributed by atoms with van der Waals surface area (Å²) in [6.07, 6.45) is 0.104. The maximum atomic E-state index is 12.9. The average molecular weight is 494 g/mol. The predicted molar refractivity (Wildman–Crippen MR) is 125 cm³/mol. The molecule has 0 spiro atoms. The Morgan fingerprint density at radius 3 is 2.28 bits per heavy atom. The highest BCUT2D eigenvalue weighted by molar-refractivity contribution is 7.89. The number of benzene rings is 3. The van der Waals surface area contributed by atoms with Crippen molar-refractivity contribution < 1.29 is 17.9 Å². The summed E-state index contributed by atoms with van der Waals surface area (Å²) >= 11 is 11.9. The van der Waals surface area contributed by atoms with E-state index in [4.69, 9.17) is 27.9 Å². The Labute approximate surface area is 196 Å². The molecule has 3 rings (SSSR count). The van der Waals surface area contributed by atoms with Gasteiger partial charge in [0.05, 0.1) is 27.7 Å². The van der Waals surface area contributed by atoms with Gasteiger partial charge in [0.1, 0.15) is 11.8 Å². The molecular weight excluding hydrogens is 473 g/mol. The van der Waals surface area contributed by atoms with Gasteiger partial charge in [0.25, 0.3) is 5.91 Å². The molecule has 0 aliphatic carbocycles. The number of ether oxygens (including phenoxy) is 1. The molecule has 32 heavy (non-hydrogen) atoms. The number of carbonyl (C=O) groups is 1. The van der Waals surface area contributed by atoms with Gasteiger partial charge in [-0.25, -0.2) is 8.42 Å². The van der Waals surface area contributed by atoms with Gasteiger partial charge in [0.15, 0.2) is 0 Å². The summed E-state index contributed by atoms with van der Waals surface area (Å²) in [4.78, 5) is 12.8. The first-order chi connectivity index (χ1) is 15.3. The van der Waals surface area contributed by atoms with Gasteiger partial charge in [-0.05, 0) is 54.4 Å². The summed E-state index contributed by atoms with van der Waals surface area (Å²) in [6, 6.07) is 18.8. The van der Waals surface area contributed by atoms with Crippen molar-refractivity contribution in [1.82, 2.24) is 10.1 Å². The summed E-state index contributed by atoms with van der Waals surface area (Å²) in [5.41, 5.74) is 6.71. The molecule has 0 bridgehead atoms. The first kappa shape index (κ1) is 23.9. The highest BCUT2D eigenvalue weighted by atomic mass is 35.5. The molecule has 0 saturated heterocycles. The van der Waals surface area contributed by atoms with Gasteiger partial charge >= 0.3 is 0 Å². The molecule has 0 aliphatic rings. The summed E-state index contributed by atoms with van der Waals surface area (Å²) in [7, 11) is -2.52. The van der Waals surface area contributed by atoms with Gasteiger partial charge in [0.2, 0.25) is 10.0 Å². The van der Waals surface area contributed by atoms with E-state index in [-0.39, 0.29) is 21.4 Å². The van der Waals surface area contributed by atoms with Crippen LogP contribution in [-0.2, 0) is 21.2 Å². The van der Waals surface area contributed by atoms with Crippen LogP contribution in [-0.4, -0.2) is 27.5 Å². The number of halogens is 2. The van der Waals surface area contributed by atoms with Crippen molar-refractivity contribution >= 4 is 44.8 Å². The number of nitrogens with one attached hydrogen (secondary N) is 3. The van der Waals surface area contributed by atoms with Crippen molar-refractivity contribution in [3.8, 4) is 5.75 Å². The van der Waals surface area contributed by atoms with Crippen molar-refractivity contribution in [2.45, 2.75) is 17.4 Å². The molecule has 0 saturated carbocycles. The Balaban J connectivity index is 1.82.